The van der Waals surface area contributed by atoms with Crippen molar-refractivity contribution in [3.63, 3.8) is 0 Å². The molecular formula is C10H7Br2F3O. The van der Waals surface area contributed by atoms with Crippen LogP contribution >= 0.6 is 31.9 Å². The van der Waals surface area contributed by atoms with Crippen LogP contribution in [0.1, 0.15) is 10.4 Å². The molecule has 1 rings (SSSR count). The van der Waals surface area contributed by atoms with Gasteiger partial charge < -0.3 is 0 Å². The van der Waals surface area contributed by atoms with Crippen LogP contribution in [0.5, 0.6) is 0 Å². The highest BCUT2D eigenvalue weighted by Gasteiger charge is 2.44. The zero-order chi connectivity index (χ0) is 12.3. The molecule has 88 valence electrons. The number of Topliss-reactive ketones (excluding diaryl/α,β-unsaturated/α-hetero) is 1. The molecular weight excluding hydrogens is 353 g/mol. The number of carbonyl (C=O) groups is 1. The minimum Gasteiger partial charge on any atom is -0.293 e. The number of hydrogen-bond acceptors (Lipinski definition) is 1. The van der Waals surface area contributed by atoms with Gasteiger partial charge in [-0.05, 0) is 0 Å². The maximum atomic E-state index is 12.3. The van der Waals surface area contributed by atoms with Gasteiger partial charge in [0.05, 0.1) is 4.83 Å². The molecule has 0 saturated carbocycles. The van der Waals surface area contributed by atoms with Crippen LogP contribution < -0.4 is 0 Å². The Labute approximate surface area is 107 Å². The van der Waals surface area contributed by atoms with Gasteiger partial charge in [-0.25, -0.2) is 0 Å². The molecule has 6 heteroatoms. The molecule has 1 nitrogen and oxygen atoms in total. The van der Waals surface area contributed by atoms with Gasteiger partial charge in [0.1, 0.15) is 4.83 Å². The van der Waals surface area contributed by atoms with E-state index in [-0.39, 0.29) is 5.56 Å². The second-order valence-electron chi connectivity index (χ2n) is 3.08. The van der Waals surface area contributed by atoms with Crippen LogP contribution in [-0.2, 0) is 0 Å². The maximum Gasteiger partial charge on any atom is 0.402 e. The molecule has 0 aliphatic rings. The molecule has 0 bridgehead atoms. The van der Waals surface area contributed by atoms with E-state index in [1.165, 1.54) is 12.1 Å². The van der Waals surface area contributed by atoms with Gasteiger partial charge in [-0.2, -0.15) is 13.2 Å². The Morgan fingerprint density at radius 2 is 1.62 bits per heavy atom. The Morgan fingerprint density at radius 3 is 2.06 bits per heavy atom. The summed E-state index contributed by atoms with van der Waals surface area (Å²) in [5.74, 6) is -0.597. The van der Waals surface area contributed by atoms with E-state index in [0.717, 1.165) is 0 Å². The van der Waals surface area contributed by atoms with Gasteiger partial charge in [0, 0.05) is 5.56 Å². The largest absolute Gasteiger partial charge is 0.402 e. The number of halogens is 5. The molecule has 0 amide bonds. The van der Waals surface area contributed by atoms with Crippen LogP contribution in [0.25, 0.3) is 0 Å². The fraction of sp³-hybridized carbons (Fsp3) is 0.300. The zero-order valence-electron chi connectivity index (χ0n) is 7.84. The van der Waals surface area contributed by atoms with E-state index < -0.39 is 21.6 Å². The van der Waals surface area contributed by atoms with Crippen LogP contribution in [-0.4, -0.2) is 21.6 Å². The first-order valence-corrected chi connectivity index (χ1v) is 6.11. The van der Waals surface area contributed by atoms with Gasteiger partial charge in [0.2, 0.25) is 0 Å². The van der Waals surface area contributed by atoms with Crippen molar-refractivity contribution in [3.8, 4) is 0 Å². The average molecular weight is 360 g/mol. The van der Waals surface area contributed by atoms with Crippen molar-refractivity contribution in [3.05, 3.63) is 35.9 Å². The van der Waals surface area contributed by atoms with Crippen molar-refractivity contribution in [2.24, 2.45) is 0 Å². The summed E-state index contributed by atoms with van der Waals surface area (Å²) < 4.78 is 37.0. The molecule has 0 saturated heterocycles. The van der Waals surface area contributed by atoms with Crippen molar-refractivity contribution >= 4 is 37.6 Å². The molecule has 2 unspecified atom stereocenters. The fourth-order valence-corrected chi connectivity index (χ4v) is 1.86. The van der Waals surface area contributed by atoms with Crippen LogP contribution in [0.4, 0.5) is 13.2 Å². The van der Waals surface area contributed by atoms with Crippen molar-refractivity contribution < 1.29 is 18.0 Å². The lowest BCUT2D eigenvalue weighted by Crippen LogP contribution is -2.36. The molecule has 1 aromatic carbocycles. The summed E-state index contributed by atoms with van der Waals surface area (Å²) in [6, 6.07) is 7.85. The second-order valence-corrected chi connectivity index (χ2v) is 5.05. The lowest BCUT2D eigenvalue weighted by molar-refractivity contribution is -0.125. The van der Waals surface area contributed by atoms with Gasteiger partial charge >= 0.3 is 6.18 Å². The highest BCUT2D eigenvalue weighted by Crippen LogP contribution is 2.33. The van der Waals surface area contributed by atoms with Crippen LogP contribution in [0.3, 0.4) is 0 Å². The lowest BCUT2D eigenvalue weighted by Gasteiger charge is -2.18. The number of carbonyl (C=O) groups excluding carboxylic acids is 1. The Balaban J connectivity index is 2.84. The number of hydrogen-bond donors (Lipinski definition) is 0. The minimum absolute atomic E-state index is 0.248. The lowest BCUT2D eigenvalue weighted by atomic mass is 10.1. The molecule has 0 aliphatic heterocycles. The number of ketones is 1. The molecule has 0 heterocycles. The quantitative estimate of drug-likeness (QED) is 0.589. The first-order chi connectivity index (χ1) is 7.34. The predicted octanol–water partition coefficient (Wildman–Crippen LogP) is 3.96. The highest BCUT2D eigenvalue weighted by atomic mass is 79.9. The molecule has 1 aromatic rings. The second kappa shape index (κ2) is 5.31. The van der Waals surface area contributed by atoms with Crippen LogP contribution in [0.15, 0.2) is 30.3 Å². The summed E-state index contributed by atoms with van der Waals surface area (Å²) in [5, 5.41) is 0. The Kier molecular flexibility index (Phi) is 4.55. The van der Waals surface area contributed by atoms with E-state index in [4.69, 9.17) is 0 Å². The van der Waals surface area contributed by atoms with Gasteiger partial charge in [-0.3, -0.25) is 4.79 Å². The molecule has 0 radical (unpaired) electrons. The average Bonchev–Trinajstić information content (AvgIpc) is 2.26. The SMILES string of the molecule is O=C(c1ccccc1)C(Br)C(Br)C(F)(F)F. The molecule has 0 aromatic heterocycles. The van der Waals surface area contributed by atoms with Crippen molar-refractivity contribution in [2.75, 3.05) is 0 Å². The zero-order valence-corrected chi connectivity index (χ0v) is 11.0. The summed E-state index contributed by atoms with van der Waals surface area (Å²) in [5.41, 5.74) is 0.248. The Hall–Kier alpha value is -0.360. The Bertz CT molecular complexity index is 364. The van der Waals surface area contributed by atoms with E-state index in [2.05, 4.69) is 31.9 Å². The molecule has 0 spiro atoms. The molecule has 0 aliphatic carbocycles. The standard InChI is InChI=1S/C10H7Br2F3O/c11-7(9(12)10(13,14)15)8(16)6-4-2-1-3-5-6/h1-5,7,9H. The summed E-state index contributed by atoms with van der Waals surface area (Å²) in [6.07, 6.45) is -4.46. The topological polar surface area (TPSA) is 17.1 Å². The molecule has 2 atom stereocenters. The van der Waals surface area contributed by atoms with E-state index in [1.807, 2.05) is 0 Å². The third-order valence-corrected chi connectivity index (χ3v) is 4.58. The predicted molar refractivity (Wildman–Crippen MR) is 62.3 cm³/mol. The fourth-order valence-electron chi connectivity index (χ4n) is 1.06. The van der Waals surface area contributed by atoms with Crippen LogP contribution in [0.2, 0.25) is 0 Å². The van der Waals surface area contributed by atoms with Gasteiger partial charge in [0.15, 0.2) is 5.78 Å². The van der Waals surface area contributed by atoms with E-state index >= 15 is 0 Å². The number of alkyl halides is 5. The van der Waals surface area contributed by atoms with Gasteiger partial charge in [-0.1, -0.05) is 62.2 Å². The summed E-state index contributed by atoms with van der Waals surface area (Å²) >= 11 is 5.23. The molecule has 0 N–H and O–H groups in total. The maximum absolute atomic E-state index is 12.3. The normalized spacial score (nSPS) is 15.6. The molecule has 0 fully saturated rings. The van der Waals surface area contributed by atoms with E-state index in [0.29, 0.717) is 0 Å². The highest BCUT2D eigenvalue weighted by molar-refractivity contribution is 9.12. The summed E-state index contributed by atoms with van der Waals surface area (Å²) in [4.78, 5) is 8.44. The first kappa shape index (κ1) is 13.7. The summed E-state index contributed by atoms with van der Waals surface area (Å²) in [7, 11) is 0. The van der Waals surface area contributed by atoms with Crippen molar-refractivity contribution in [1.29, 1.82) is 0 Å². The summed E-state index contributed by atoms with van der Waals surface area (Å²) in [6.45, 7) is 0. The monoisotopic (exact) mass is 358 g/mol. The van der Waals surface area contributed by atoms with Crippen molar-refractivity contribution in [2.45, 2.75) is 15.8 Å². The van der Waals surface area contributed by atoms with E-state index in [1.54, 1.807) is 18.2 Å². The Morgan fingerprint density at radius 1 is 1.12 bits per heavy atom. The minimum atomic E-state index is -4.46. The third-order valence-electron chi connectivity index (χ3n) is 1.88. The molecule has 16 heavy (non-hydrogen) atoms. The van der Waals surface area contributed by atoms with E-state index in [9.17, 15) is 18.0 Å². The number of rotatable bonds is 3. The van der Waals surface area contributed by atoms with Crippen LogP contribution in [0, 0.1) is 0 Å². The number of benzene rings is 1. The van der Waals surface area contributed by atoms with Gasteiger partial charge in [-0.15, -0.1) is 0 Å². The first-order valence-electron chi connectivity index (χ1n) is 4.28. The van der Waals surface area contributed by atoms with Crippen molar-refractivity contribution in [1.82, 2.24) is 0 Å². The van der Waals surface area contributed by atoms with Gasteiger partial charge in [0.25, 0.3) is 0 Å². The smallest absolute Gasteiger partial charge is 0.293 e. The third kappa shape index (κ3) is 3.31.